The Labute approximate surface area is 122 Å². The molecule has 0 amide bonds. The van der Waals surface area contributed by atoms with Crippen LogP contribution in [0.5, 0.6) is 0 Å². The van der Waals surface area contributed by atoms with Gasteiger partial charge in [0.25, 0.3) is 0 Å². The number of nitrogens with zero attached hydrogens (tertiary/aromatic N) is 1. The third kappa shape index (κ3) is 1.53. The molecule has 0 radical (unpaired) electrons. The van der Waals surface area contributed by atoms with E-state index in [2.05, 4.69) is 41.8 Å². The maximum Gasteiger partial charge on any atom is 0.0160 e. The van der Waals surface area contributed by atoms with Gasteiger partial charge in [0.15, 0.2) is 0 Å². The van der Waals surface area contributed by atoms with Crippen molar-refractivity contribution in [2.75, 3.05) is 19.6 Å². The summed E-state index contributed by atoms with van der Waals surface area (Å²) in [6, 6.07) is 9.31. The van der Waals surface area contributed by atoms with Crippen molar-refractivity contribution in [2.24, 2.45) is 5.41 Å². The first-order chi connectivity index (χ1) is 9.80. The molecule has 20 heavy (non-hydrogen) atoms. The molecular formula is C19H25N. The lowest BCUT2D eigenvalue weighted by molar-refractivity contribution is 0.0124. The lowest BCUT2D eigenvalue weighted by Gasteiger charge is -2.56. The molecule has 4 rings (SSSR count). The second-order valence-electron chi connectivity index (χ2n) is 7.15. The SMILES string of the molecule is C=CCN1CCC23CCCC2(CCc2ccccc23)C1. The van der Waals surface area contributed by atoms with Crippen molar-refractivity contribution in [1.29, 1.82) is 0 Å². The molecule has 1 nitrogen and oxygen atoms in total. The molecule has 0 aromatic heterocycles. The molecule has 3 aliphatic rings. The average Bonchev–Trinajstić information content (AvgIpc) is 2.87. The van der Waals surface area contributed by atoms with Crippen LogP contribution in [-0.4, -0.2) is 24.5 Å². The molecule has 2 unspecified atom stereocenters. The zero-order chi connectivity index (χ0) is 13.6. The maximum atomic E-state index is 3.93. The van der Waals surface area contributed by atoms with Gasteiger partial charge >= 0.3 is 0 Å². The van der Waals surface area contributed by atoms with Crippen LogP contribution in [0.4, 0.5) is 0 Å². The third-order valence-electron chi connectivity index (χ3n) is 6.45. The van der Waals surface area contributed by atoms with Gasteiger partial charge in [-0.25, -0.2) is 0 Å². The highest BCUT2D eigenvalue weighted by Crippen LogP contribution is 2.63. The Morgan fingerprint density at radius 1 is 1.15 bits per heavy atom. The monoisotopic (exact) mass is 267 g/mol. The molecule has 1 saturated heterocycles. The predicted octanol–water partition coefficient (Wildman–Crippen LogP) is 3.93. The van der Waals surface area contributed by atoms with Crippen LogP contribution in [0.25, 0.3) is 0 Å². The molecule has 1 saturated carbocycles. The Kier molecular flexibility index (Phi) is 2.82. The molecule has 2 aliphatic carbocycles. The zero-order valence-corrected chi connectivity index (χ0v) is 12.4. The molecule has 2 fully saturated rings. The van der Waals surface area contributed by atoms with Crippen molar-refractivity contribution < 1.29 is 0 Å². The van der Waals surface area contributed by atoms with Gasteiger partial charge in [-0.15, -0.1) is 6.58 Å². The van der Waals surface area contributed by atoms with E-state index in [1.807, 2.05) is 0 Å². The summed E-state index contributed by atoms with van der Waals surface area (Å²) in [5.74, 6) is 0. The Bertz CT molecular complexity index is 534. The molecule has 0 bridgehead atoms. The largest absolute Gasteiger partial charge is 0.299 e. The van der Waals surface area contributed by atoms with Crippen LogP contribution in [0.1, 0.15) is 43.2 Å². The molecule has 106 valence electrons. The number of fused-ring (bicyclic) bond motifs is 1. The summed E-state index contributed by atoms with van der Waals surface area (Å²) in [5, 5.41) is 0. The Balaban J connectivity index is 1.79. The lowest BCUT2D eigenvalue weighted by atomic mass is 9.52. The fourth-order valence-corrected chi connectivity index (χ4v) is 5.63. The molecule has 1 aromatic carbocycles. The van der Waals surface area contributed by atoms with Crippen LogP contribution in [0, 0.1) is 5.41 Å². The highest BCUT2D eigenvalue weighted by Gasteiger charge is 2.59. The first-order valence-corrected chi connectivity index (χ1v) is 8.21. The van der Waals surface area contributed by atoms with E-state index in [0.717, 1.165) is 6.54 Å². The van der Waals surface area contributed by atoms with Crippen LogP contribution in [0.15, 0.2) is 36.9 Å². The van der Waals surface area contributed by atoms with Gasteiger partial charge in [-0.2, -0.15) is 0 Å². The summed E-state index contributed by atoms with van der Waals surface area (Å²) in [4.78, 5) is 2.64. The van der Waals surface area contributed by atoms with Crippen molar-refractivity contribution in [3.05, 3.63) is 48.0 Å². The Morgan fingerprint density at radius 3 is 2.95 bits per heavy atom. The predicted molar refractivity (Wildman–Crippen MR) is 84.0 cm³/mol. The average molecular weight is 267 g/mol. The maximum absolute atomic E-state index is 3.93. The highest BCUT2D eigenvalue weighted by molar-refractivity contribution is 5.42. The molecule has 1 heterocycles. The van der Waals surface area contributed by atoms with Crippen LogP contribution >= 0.6 is 0 Å². The van der Waals surface area contributed by atoms with E-state index < -0.39 is 0 Å². The van der Waals surface area contributed by atoms with Crippen molar-refractivity contribution in [1.82, 2.24) is 4.90 Å². The molecule has 1 heteroatoms. The van der Waals surface area contributed by atoms with E-state index in [4.69, 9.17) is 0 Å². The van der Waals surface area contributed by atoms with E-state index in [9.17, 15) is 0 Å². The van der Waals surface area contributed by atoms with Crippen LogP contribution < -0.4 is 0 Å². The Morgan fingerprint density at radius 2 is 2.05 bits per heavy atom. The number of hydrogen-bond acceptors (Lipinski definition) is 1. The van der Waals surface area contributed by atoms with Crippen molar-refractivity contribution in [3.8, 4) is 0 Å². The minimum absolute atomic E-state index is 0.500. The summed E-state index contributed by atoms with van der Waals surface area (Å²) in [6.45, 7) is 7.55. The molecular weight excluding hydrogens is 242 g/mol. The lowest BCUT2D eigenvalue weighted by Crippen LogP contribution is -2.57. The van der Waals surface area contributed by atoms with Gasteiger partial charge in [0, 0.05) is 18.5 Å². The van der Waals surface area contributed by atoms with Gasteiger partial charge in [-0.3, -0.25) is 4.90 Å². The van der Waals surface area contributed by atoms with E-state index in [1.165, 1.54) is 51.6 Å². The quantitative estimate of drug-likeness (QED) is 0.734. The van der Waals surface area contributed by atoms with Gasteiger partial charge in [-0.1, -0.05) is 36.8 Å². The number of benzene rings is 1. The minimum Gasteiger partial charge on any atom is -0.299 e. The number of hydrogen-bond donors (Lipinski definition) is 0. The van der Waals surface area contributed by atoms with Gasteiger partial charge in [-0.05, 0) is 55.2 Å². The first-order valence-electron chi connectivity index (χ1n) is 8.21. The molecule has 1 aliphatic heterocycles. The summed E-state index contributed by atoms with van der Waals surface area (Å²) in [5.41, 5.74) is 4.41. The second-order valence-corrected chi connectivity index (χ2v) is 7.15. The number of likely N-dealkylation sites (tertiary alicyclic amines) is 1. The van der Waals surface area contributed by atoms with Gasteiger partial charge in [0.2, 0.25) is 0 Å². The van der Waals surface area contributed by atoms with E-state index in [1.54, 1.807) is 11.1 Å². The standard InChI is InChI=1S/C19H25N/c1-2-13-20-14-12-19-10-5-9-18(19,15-20)11-8-16-6-3-4-7-17(16)19/h2-4,6-7H,1,5,8-15H2. The minimum atomic E-state index is 0.500. The number of piperidine rings is 1. The number of rotatable bonds is 2. The summed E-state index contributed by atoms with van der Waals surface area (Å²) in [7, 11) is 0. The highest BCUT2D eigenvalue weighted by atomic mass is 15.1. The fraction of sp³-hybridized carbons (Fsp3) is 0.579. The first kappa shape index (κ1) is 12.6. The summed E-state index contributed by atoms with van der Waals surface area (Å²) >= 11 is 0. The molecule has 0 N–H and O–H groups in total. The number of aryl methyl sites for hydroxylation is 1. The van der Waals surface area contributed by atoms with E-state index in [0.29, 0.717) is 10.8 Å². The van der Waals surface area contributed by atoms with E-state index >= 15 is 0 Å². The summed E-state index contributed by atoms with van der Waals surface area (Å²) in [6.07, 6.45) is 10.4. The Hall–Kier alpha value is -1.08. The topological polar surface area (TPSA) is 3.24 Å². The molecule has 0 spiro atoms. The zero-order valence-electron chi connectivity index (χ0n) is 12.4. The second kappa shape index (κ2) is 4.46. The van der Waals surface area contributed by atoms with Crippen molar-refractivity contribution >= 4 is 0 Å². The third-order valence-corrected chi connectivity index (χ3v) is 6.45. The van der Waals surface area contributed by atoms with E-state index in [-0.39, 0.29) is 0 Å². The fourth-order valence-electron chi connectivity index (χ4n) is 5.63. The van der Waals surface area contributed by atoms with Gasteiger partial charge < -0.3 is 0 Å². The van der Waals surface area contributed by atoms with Crippen LogP contribution in [-0.2, 0) is 11.8 Å². The normalized spacial score (nSPS) is 36.0. The van der Waals surface area contributed by atoms with Gasteiger partial charge in [0.1, 0.15) is 0 Å². The molecule has 1 aromatic rings. The summed E-state index contributed by atoms with van der Waals surface area (Å²) < 4.78 is 0. The van der Waals surface area contributed by atoms with Gasteiger partial charge in [0.05, 0.1) is 0 Å². The van der Waals surface area contributed by atoms with Crippen molar-refractivity contribution in [2.45, 2.75) is 43.9 Å². The smallest absolute Gasteiger partial charge is 0.0160 e. The molecule has 2 atom stereocenters. The van der Waals surface area contributed by atoms with Crippen LogP contribution in [0.3, 0.4) is 0 Å². The van der Waals surface area contributed by atoms with Crippen molar-refractivity contribution in [3.63, 3.8) is 0 Å². The van der Waals surface area contributed by atoms with Crippen LogP contribution in [0.2, 0.25) is 0 Å².